The van der Waals surface area contributed by atoms with Crippen molar-refractivity contribution in [3.8, 4) is 11.5 Å². The van der Waals surface area contributed by atoms with Crippen LogP contribution in [-0.2, 0) is 10.2 Å². The first-order chi connectivity index (χ1) is 15.7. The number of carbonyl (C=O) groups excluding carboxylic acids is 1. The van der Waals surface area contributed by atoms with Crippen molar-refractivity contribution in [1.82, 2.24) is 4.90 Å². The summed E-state index contributed by atoms with van der Waals surface area (Å²) in [6.45, 7) is 8.66. The third-order valence-corrected chi connectivity index (χ3v) is 7.32. The van der Waals surface area contributed by atoms with Gasteiger partial charge in [-0.3, -0.25) is 9.69 Å². The molecule has 0 saturated carbocycles. The monoisotopic (exact) mass is 435 g/mol. The van der Waals surface area contributed by atoms with Crippen LogP contribution in [0.1, 0.15) is 38.2 Å². The van der Waals surface area contributed by atoms with Crippen LogP contribution in [0.5, 0.6) is 11.5 Å². The second-order valence-electron chi connectivity index (χ2n) is 9.05. The summed E-state index contributed by atoms with van der Waals surface area (Å²) in [6.07, 6.45) is 3.97. The zero-order chi connectivity index (χ0) is 22.0. The van der Waals surface area contributed by atoms with E-state index < -0.39 is 0 Å². The van der Waals surface area contributed by atoms with E-state index in [0.717, 1.165) is 75.6 Å². The van der Waals surface area contributed by atoms with E-state index in [1.54, 1.807) is 0 Å². The van der Waals surface area contributed by atoms with Gasteiger partial charge in [-0.25, -0.2) is 0 Å². The van der Waals surface area contributed by atoms with Gasteiger partial charge in [0.2, 0.25) is 5.91 Å². The fourth-order valence-corrected chi connectivity index (χ4v) is 5.37. The maximum atomic E-state index is 12.8. The van der Waals surface area contributed by atoms with Crippen LogP contribution < -0.4 is 19.7 Å². The van der Waals surface area contributed by atoms with Gasteiger partial charge < -0.3 is 19.7 Å². The summed E-state index contributed by atoms with van der Waals surface area (Å²) in [5, 5.41) is 3.10. The van der Waals surface area contributed by atoms with Gasteiger partial charge in [-0.15, -0.1) is 0 Å². The van der Waals surface area contributed by atoms with Crippen molar-refractivity contribution < 1.29 is 14.3 Å². The highest BCUT2D eigenvalue weighted by Gasteiger charge is 2.44. The Kier molecular flexibility index (Phi) is 5.96. The van der Waals surface area contributed by atoms with Gasteiger partial charge in [-0.1, -0.05) is 31.5 Å². The van der Waals surface area contributed by atoms with Crippen molar-refractivity contribution >= 4 is 17.3 Å². The minimum atomic E-state index is -0.354. The van der Waals surface area contributed by atoms with Gasteiger partial charge in [0.15, 0.2) is 11.5 Å². The quantitative estimate of drug-likeness (QED) is 0.665. The van der Waals surface area contributed by atoms with Crippen LogP contribution in [0.3, 0.4) is 0 Å². The molecule has 3 aliphatic heterocycles. The molecular weight excluding hydrogens is 402 g/mol. The number of carbonyl (C=O) groups is 1. The molecule has 0 aliphatic carbocycles. The minimum Gasteiger partial charge on any atom is -0.486 e. The second kappa shape index (κ2) is 9.02. The molecule has 0 bridgehead atoms. The number of anilines is 2. The Balaban J connectivity index is 1.10. The number of hydrogen-bond donors (Lipinski definition) is 1. The molecule has 32 heavy (non-hydrogen) atoms. The number of unbranched alkanes of at least 4 members (excludes halogenated alkanes) is 1. The maximum absolute atomic E-state index is 12.8. The summed E-state index contributed by atoms with van der Waals surface area (Å²) in [4.78, 5) is 17.8. The van der Waals surface area contributed by atoms with Crippen molar-refractivity contribution in [1.29, 1.82) is 0 Å². The van der Waals surface area contributed by atoms with E-state index in [2.05, 4.69) is 40.2 Å². The molecular formula is C26H33N3O3. The molecule has 5 rings (SSSR count). The number of piperazine rings is 1. The molecule has 0 radical (unpaired) electrons. The first-order valence-corrected chi connectivity index (χ1v) is 12.0. The average molecular weight is 436 g/mol. The summed E-state index contributed by atoms with van der Waals surface area (Å²) in [5.41, 5.74) is 3.04. The van der Waals surface area contributed by atoms with E-state index in [1.807, 2.05) is 24.3 Å². The molecule has 3 heterocycles. The van der Waals surface area contributed by atoms with Crippen molar-refractivity contribution in [2.75, 3.05) is 56.2 Å². The Bertz CT molecular complexity index is 971. The molecule has 1 N–H and O–H groups in total. The average Bonchev–Trinajstić information content (AvgIpc) is 3.13. The van der Waals surface area contributed by atoms with Crippen LogP contribution >= 0.6 is 0 Å². The highest BCUT2D eigenvalue weighted by molar-refractivity contribution is 6.06. The first kappa shape index (κ1) is 21.1. The Labute approximate surface area is 190 Å². The molecule has 1 saturated heterocycles. The van der Waals surface area contributed by atoms with Crippen molar-refractivity contribution in [2.24, 2.45) is 0 Å². The molecule has 0 aromatic heterocycles. The molecule has 0 spiro atoms. The number of nitrogens with zero attached hydrogens (tertiary/aromatic N) is 2. The SMILES string of the molecule is CCC1(CCCCN2CCN(c3ccc4c(c3)OCCO4)CC2)C(=O)Nc2ccccc21. The Morgan fingerprint density at radius 2 is 1.75 bits per heavy atom. The second-order valence-corrected chi connectivity index (χ2v) is 9.05. The third-order valence-electron chi connectivity index (χ3n) is 7.32. The minimum absolute atomic E-state index is 0.175. The maximum Gasteiger partial charge on any atom is 0.235 e. The molecule has 3 aliphatic rings. The predicted octanol–water partition coefficient (Wildman–Crippen LogP) is 4.05. The van der Waals surface area contributed by atoms with Crippen LogP contribution in [0.25, 0.3) is 0 Å². The lowest BCUT2D eigenvalue weighted by Crippen LogP contribution is -2.46. The molecule has 1 atom stereocenters. The standard InChI is InChI=1S/C26H33N3O3/c1-2-26(21-7-3-4-8-22(21)27-25(26)30)11-5-6-12-28-13-15-29(16-14-28)20-9-10-23-24(19-20)32-18-17-31-23/h3-4,7-10,19H,2,5-6,11-18H2,1H3,(H,27,30). The largest absolute Gasteiger partial charge is 0.486 e. The third kappa shape index (κ3) is 3.92. The van der Waals surface area contributed by atoms with E-state index in [9.17, 15) is 4.79 Å². The summed E-state index contributed by atoms with van der Waals surface area (Å²) in [5.74, 6) is 1.88. The highest BCUT2D eigenvalue weighted by Crippen LogP contribution is 2.43. The molecule has 170 valence electrons. The molecule has 1 unspecified atom stereocenters. The Morgan fingerprint density at radius 1 is 0.969 bits per heavy atom. The van der Waals surface area contributed by atoms with E-state index in [-0.39, 0.29) is 11.3 Å². The number of para-hydroxylation sites is 1. The van der Waals surface area contributed by atoms with E-state index in [0.29, 0.717) is 13.2 Å². The fourth-order valence-electron chi connectivity index (χ4n) is 5.37. The molecule has 2 aromatic carbocycles. The van der Waals surface area contributed by atoms with Crippen LogP contribution in [-0.4, -0.2) is 56.7 Å². The number of nitrogens with one attached hydrogen (secondary N) is 1. The van der Waals surface area contributed by atoms with Gasteiger partial charge in [-0.05, 0) is 49.6 Å². The summed E-state index contributed by atoms with van der Waals surface area (Å²) in [7, 11) is 0. The van der Waals surface area contributed by atoms with E-state index in [1.165, 1.54) is 11.3 Å². The van der Waals surface area contributed by atoms with Gasteiger partial charge >= 0.3 is 0 Å². The number of amides is 1. The van der Waals surface area contributed by atoms with Crippen LogP contribution in [0.2, 0.25) is 0 Å². The van der Waals surface area contributed by atoms with Crippen molar-refractivity contribution in [2.45, 2.75) is 38.0 Å². The number of hydrogen-bond acceptors (Lipinski definition) is 5. The number of rotatable bonds is 7. The molecule has 1 fully saturated rings. The lowest BCUT2D eigenvalue weighted by Gasteiger charge is -2.36. The van der Waals surface area contributed by atoms with E-state index in [4.69, 9.17) is 9.47 Å². The summed E-state index contributed by atoms with van der Waals surface area (Å²) >= 11 is 0. The summed E-state index contributed by atoms with van der Waals surface area (Å²) in [6, 6.07) is 14.5. The molecule has 1 amide bonds. The lowest BCUT2D eigenvalue weighted by molar-refractivity contribution is -0.121. The topological polar surface area (TPSA) is 54.0 Å². The van der Waals surface area contributed by atoms with Gasteiger partial charge in [-0.2, -0.15) is 0 Å². The van der Waals surface area contributed by atoms with Crippen LogP contribution in [0.15, 0.2) is 42.5 Å². The van der Waals surface area contributed by atoms with Crippen LogP contribution in [0, 0.1) is 0 Å². The number of benzene rings is 2. The number of ether oxygens (including phenoxy) is 2. The zero-order valence-electron chi connectivity index (χ0n) is 18.9. The fraction of sp³-hybridized carbons (Fsp3) is 0.500. The Hall–Kier alpha value is -2.73. The Morgan fingerprint density at radius 3 is 2.56 bits per heavy atom. The van der Waals surface area contributed by atoms with Gasteiger partial charge in [0.25, 0.3) is 0 Å². The molecule has 2 aromatic rings. The number of fused-ring (bicyclic) bond motifs is 2. The summed E-state index contributed by atoms with van der Waals surface area (Å²) < 4.78 is 11.4. The zero-order valence-corrected chi connectivity index (χ0v) is 18.9. The van der Waals surface area contributed by atoms with Crippen molar-refractivity contribution in [3.63, 3.8) is 0 Å². The lowest BCUT2D eigenvalue weighted by atomic mass is 9.75. The van der Waals surface area contributed by atoms with Gasteiger partial charge in [0.1, 0.15) is 13.2 Å². The smallest absolute Gasteiger partial charge is 0.235 e. The molecule has 6 heteroatoms. The van der Waals surface area contributed by atoms with Gasteiger partial charge in [0, 0.05) is 43.6 Å². The predicted molar refractivity (Wildman–Crippen MR) is 127 cm³/mol. The normalized spacial score (nSPS) is 22.5. The van der Waals surface area contributed by atoms with Crippen molar-refractivity contribution in [3.05, 3.63) is 48.0 Å². The van der Waals surface area contributed by atoms with Crippen LogP contribution in [0.4, 0.5) is 11.4 Å². The van der Waals surface area contributed by atoms with Gasteiger partial charge in [0.05, 0.1) is 5.41 Å². The first-order valence-electron chi connectivity index (χ1n) is 12.0. The highest BCUT2D eigenvalue weighted by atomic mass is 16.6. The van der Waals surface area contributed by atoms with E-state index >= 15 is 0 Å². The molecule has 6 nitrogen and oxygen atoms in total.